The van der Waals surface area contributed by atoms with Crippen LogP contribution in [-0.2, 0) is 0 Å². The Bertz CT molecular complexity index is 3040. The van der Waals surface area contributed by atoms with E-state index in [4.69, 9.17) is 21.6 Å². The van der Waals surface area contributed by atoms with Crippen molar-refractivity contribution < 1.29 is 0 Å². The van der Waals surface area contributed by atoms with Gasteiger partial charge in [0.25, 0.3) is 0 Å². The van der Waals surface area contributed by atoms with Gasteiger partial charge in [-0.15, -0.1) is 11.3 Å². The summed E-state index contributed by atoms with van der Waals surface area (Å²) in [6.45, 7) is 0. The molecule has 0 saturated heterocycles. The largest absolute Gasteiger partial charge is 0.308 e. The highest BCUT2D eigenvalue weighted by Crippen LogP contribution is 2.48. The van der Waals surface area contributed by atoms with Gasteiger partial charge < -0.3 is 4.40 Å². The van der Waals surface area contributed by atoms with Gasteiger partial charge in [0.15, 0.2) is 5.82 Å². The van der Waals surface area contributed by atoms with E-state index in [9.17, 15) is 0 Å². The topological polar surface area (TPSA) is 35.1 Å². The van der Waals surface area contributed by atoms with E-state index in [1.54, 1.807) is 11.3 Å². The van der Waals surface area contributed by atoms with E-state index >= 15 is 0 Å². The minimum atomic E-state index is 0.244. The van der Waals surface area contributed by atoms with Gasteiger partial charge in [0, 0.05) is 42.4 Å². The Balaban J connectivity index is 1.42. The van der Waals surface area contributed by atoms with Crippen molar-refractivity contribution in [3.63, 3.8) is 0 Å². The van der Waals surface area contributed by atoms with Gasteiger partial charge >= 0.3 is 0 Å². The lowest BCUT2D eigenvalue weighted by Gasteiger charge is -2.10. The van der Waals surface area contributed by atoms with Gasteiger partial charge in [0.2, 0.25) is 5.28 Å². The Morgan fingerprint density at radius 3 is 2.07 bits per heavy atom. The molecule has 6 heteroatoms. The maximum absolute atomic E-state index is 6.78. The molecule has 46 heavy (non-hydrogen) atoms. The van der Waals surface area contributed by atoms with Crippen LogP contribution in [0.1, 0.15) is 0 Å². The molecule has 0 amide bonds. The maximum atomic E-state index is 6.78. The Hall–Kier alpha value is -5.49. The zero-order valence-electron chi connectivity index (χ0n) is 24.2. The normalized spacial score (nSPS) is 12.5. The first kappa shape index (κ1) is 24.8. The summed E-state index contributed by atoms with van der Waals surface area (Å²) in [7, 11) is 0. The fourth-order valence-corrected chi connectivity index (χ4v) is 9.02. The van der Waals surface area contributed by atoms with E-state index in [0.29, 0.717) is 0 Å². The van der Waals surface area contributed by atoms with Crippen LogP contribution in [0.4, 0.5) is 0 Å². The third-order valence-corrected chi connectivity index (χ3v) is 10.9. The first-order valence-electron chi connectivity index (χ1n) is 15.3. The molecule has 0 atom stereocenters. The summed E-state index contributed by atoms with van der Waals surface area (Å²) in [6.07, 6.45) is 0. The average Bonchev–Trinajstić information content (AvgIpc) is 3.83. The van der Waals surface area contributed by atoms with Crippen molar-refractivity contribution in [2.24, 2.45) is 0 Å². The molecule has 0 unspecified atom stereocenters. The van der Waals surface area contributed by atoms with Gasteiger partial charge in [-0.3, -0.25) is 4.57 Å². The maximum Gasteiger partial charge on any atom is 0.225 e. The van der Waals surface area contributed by atoms with Gasteiger partial charge in [0.1, 0.15) is 0 Å². The van der Waals surface area contributed by atoms with Crippen LogP contribution in [0.15, 0.2) is 127 Å². The molecule has 0 spiro atoms. The quantitative estimate of drug-likeness (QED) is 0.179. The Morgan fingerprint density at radius 2 is 1.22 bits per heavy atom. The van der Waals surface area contributed by atoms with Crippen molar-refractivity contribution in [1.82, 2.24) is 18.9 Å². The first-order valence-corrected chi connectivity index (χ1v) is 16.5. The number of fused-ring (bicyclic) bond motifs is 13. The number of aromatic nitrogens is 4. The average molecular weight is 625 g/mol. The zero-order valence-corrected chi connectivity index (χ0v) is 25.8. The van der Waals surface area contributed by atoms with Crippen LogP contribution < -0.4 is 0 Å². The number of para-hydroxylation sites is 2. The van der Waals surface area contributed by atoms with E-state index < -0.39 is 0 Å². The van der Waals surface area contributed by atoms with E-state index in [1.165, 1.54) is 64.7 Å². The molecular weight excluding hydrogens is 604 g/mol. The minimum absolute atomic E-state index is 0.244. The van der Waals surface area contributed by atoms with Crippen molar-refractivity contribution >= 4 is 103 Å². The van der Waals surface area contributed by atoms with Gasteiger partial charge in [-0.25, -0.2) is 4.98 Å². The SMILES string of the molecule is Clc1nc(-n2c3ccc(-c4ccccc4)cc3c3cc4c5ccccc5n5c6ccccc6c(c32)c45)c2sc3ccccc3c2n1. The highest BCUT2D eigenvalue weighted by Gasteiger charge is 2.26. The summed E-state index contributed by atoms with van der Waals surface area (Å²) in [5.74, 6) is 0.811. The molecule has 0 aliphatic carbocycles. The van der Waals surface area contributed by atoms with E-state index in [1.807, 2.05) is 0 Å². The fraction of sp³-hybridized carbons (Fsp3) is 0. The Morgan fingerprint density at radius 1 is 0.522 bits per heavy atom. The van der Waals surface area contributed by atoms with Crippen molar-refractivity contribution in [2.75, 3.05) is 0 Å². The fourth-order valence-electron chi connectivity index (χ4n) is 7.74. The van der Waals surface area contributed by atoms with Gasteiger partial charge in [-0.1, -0.05) is 91.0 Å². The van der Waals surface area contributed by atoms with Crippen molar-refractivity contribution in [3.05, 3.63) is 133 Å². The molecule has 6 aromatic carbocycles. The standard InChI is InChI=1S/C40H21ClN4S/c41-40-42-35-26-14-6-9-17-33(26)46-38(35)39(43-40)45-32-19-18-23(22-10-2-1-3-11-22)20-27(32)29-21-28-24-12-4-7-15-30(24)44-31-16-8-5-13-25(31)34(36(28)44)37(29)45/h1-21H. The number of halogens is 1. The van der Waals surface area contributed by atoms with Crippen LogP contribution in [-0.4, -0.2) is 18.9 Å². The van der Waals surface area contributed by atoms with Crippen molar-refractivity contribution in [2.45, 2.75) is 0 Å². The monoisotopic (exact) mass is 624 g/mol. The lowest BCUT2D eigenvalue weighted by molar-refractivity contribution is 1.08. The molecule has 0 N–H and O–H groups in total. The smallest absolute Gasteiger partial charge is 0.225 e. The number of rotatable bonds is 2. The summed E-state index contributed by atoms with van der Waals surface area (Å²) in [4.78, 5) is 9.78. The molecule has 214 valence electrons. The molecule has 0 saturated carbocycles. The Kier molecular flexibility index (Phi) is 4.75. The van der Waals surface area contributed by atoms with Gasteiger partial charge in [0.05, 0.1) is 37.8 Å². The predicted molar refractivity (Wildman–Crippen MR) is 194 cm³/mol. The molecule has 0 aliphatic rings. The number of nitrogens with zero attached hydrogens (tertiary/aromatic N) is 4. The molecule has 5 aromatic heterocycles. The van der Waals surface area contributed by atoms with Crippen LogP contribution in [0.3, 0.4) is 0 Å². The molecule has 11 aromatic rings. The zero-order chi connectivity index (χ0) is 30.1. The van der Waals surface area contributed by atoms with Crippen LogP contribution in [0.25, 0.3) is 97.1 Å². The summed E-state index contributed by atoms with van der Waals surface area (Å²) in [5.41, 5.74) is 9.13. The van der Waals surface area contributed by atoms with Crippen LogP contribution in [0, 0.1) is 0 Å². The molecule has 0 radical (unpaired) electrons. The third-order valence-electron chi connectivity index (χ3n) is 9.59. The third kappa shape index (κ3) is 3.09. The molecule has 0 aliphatic heterocycles. The second-order valence-corrected chi connectivity index (χ2v) is 13.3. The molecule has 5 heterocycles. The minimum Gasteiger partial charge on any atom is -0.308 e. The molecular formula is C40H21ClN4S. The molecule has 0 bridgehead atoms. The summed E-state index contributed by atoms with van der Waals surface area (Å²) in [5, 5.41) is 8.67. The number of benzene rings is 6. The molecule has 0 fully saturated rings. The number of hydrogen-bond donors (Lipinski definition) is 0. The molecule has 11 rings (SSSR count). The van der Waals surface area contributed by atoms with Gasteiger partial charge in [-0.05, 0) is 59.1 Å². The number of hydrogen-bond acceptors (Lipinski definition) is 3. The van der Waals surface area contributed by atoms with Crippen molar-refractivity contribution in [3.8, 4) is 16.9 Å². The molecule has 4 nitrogen and oxygen atoms in total. The van der Waals surface area contributed by atoms with Crippen molar-refractivity contribution in [1.29, 1.82) is 0 Å². The number of thiophene rings is 1. The summed E-state index contributed by atoms with van der Waals surface area (Å²) < 4.78 is 6.98. The predicted octanol–water partition coefficient (Wildman–Crippen LogP) is 11.4. The summed E-state index contributed by atoms with van der Waals surface area (Å²) >= 11 is 8.51. The lowest BCUT2D eigenvalue weighted by Crippen LogP contribution is -2.00. The van der Waals surface area contributed by atoms with E-state index in [-0.39, 0.29) is 5.28 Å². The summed E-state index contributed by atoms with van der Waals surface area (Å²) in [6, 6.07) is 45.7. The van der Waals surface area contributed by atoms with Gasteiger partial charge in [-0.2, -0.15) is 4.98 Å². The second-order valence-electron chi connectivity index (χ2n) is 11.9. The lowest BCUT2D eigenvalue weighted by atomic mass is 10.0. The van der Waals surface area contributed by atoms with E-state index in [2.05, 4.69) is 136 Å². The van der Waals surface area contributed by atoms with Crippen LogP contribution >= 0.6 is 22.9 Å². The second kappa shape index (κ2) is 8.82. The Labute approximate surface area is 270 Å². The van der Waals surface area contributed by atoms with E-state index in [0.717, 1.165) is 32.5 Å². The highest BCUT2D eigenvalue weighted by molar-refractivity contribution is 7.26. The highest BCUT2D eigenvalue weighted by atomic mass is 35.5. The van der Waals surface area contributed by atoms with Crippen LogP contribution in [0.2, 0.25) is 5.28 Å². The first-order chi connectivity index (χ1) is 22.7. The van der Waals surface area contributed by atoms with Crippen LogP contribution in [0.5, 0.6) is 0 Å².